The number of benzene rings is 2. The van der Waals surface area contributed by atoms with E-state index in [-0.39, 0.29) is 0 Å². The predicted molar refractivity (Wildman–Crippen MR) is 134 cm³/mol. The minimum Gasteiger partial charge on any atom is -0.479 e. The van der Waals surface area contributed by atoms with Gasteiger partial charge in [0.2, 0.25) is 0 Å². The van der Waals surface area contributed by atoms with Crippen LogP contribution >= 0.6 is 0 Å². The molecule has 1 atom stereocenters. The van der Waals surface area contributed by atoms with Crippen molar-refractivity contribution in [3.8, 4) is 22.4 Å². The summed E-state index contributed by atoms with van der Waals surface area (Å²) in [6.45, 7) is 4.88. The number of piperidine rings is 2. The Morgan fingerprint density at radius 3 is 2.46 bits per heavy atom. The van der Waals surface area contributed by atoms with Gasteiger partial charge in [-0.25, -0.2) is 9.78 Å². The average molecular weight is 469 g/mol. The minimum absolute atomic E-state index is 0.313. The fraction of sp³-hybridized carbons (Fsp3) is 0.321. The highest BCUT2D eigenvalue weighted by Gasteiger charge is 2.49. The number of aliphatic hydroxyl groups excluding tert-OH is 1. The molecule has 1 saturated carbocycles. The molecule has 0 spiro atoms. The van der Waals surface area contributed by atoms with Crippen LogP contribution in [-0.2, 0) is 4.79 Å². The van der Waals surface area contributed by atoms with E-state index in [0.29, 0.717) is 34.2 Å². The number of carboxylic acid groups (broad SMARTS) is 1. The molecule has 178 valence electrons. The Bertz CT molecular complexity index is 1430. The van der Waals surface area contributed by atoms with Crippen LogP contribution in [0.2, 0.25) is 0 Å². The quantitative estimate of drug-likeness (QED) is 0.434. The Morgan fingerprint density at radius 1 is 1.06 bits per heavy atom. The predicted octanol–water partition coefficient (Wildman–Crippen LogP) is 4.87. The van der Waals surface area contributed by atoms with Gasteiger partial charge in [0.25, 0.3) is 0 Å². The Labute approximate surface area is 203 Å². The molecule has 2 aliphatic heterocycles. The summed E-state index contributed by atoms with van der Waals surface area (Å²) in [4.78, 5) is 18.7. The van der Waals surface area contributed by atoms with Crippen LogP contribution in [0.15, 0.2) is 60.7 Å². The third-order valence-corrected chi connectivity index (χ3v) is 7.70. The largest absolute Gasteiger partial charge is 0.479 e. The van der Waals surface area contributed by atoms with Gasteiger partial charge in [0.05, 0.1) is 11.3 Å². The normalized spacial score (nSPS) is 22.1. The van der Waals surface area contributed by atoms with Gasteiger partial charge < -0.3 is 15.1 Å². The summed E-state index contributed by atoms with van der Waals surface area (Å²) in [5.74, 6) is -0.631. The third kappa shape index (κ3) is 3.58. The molecule has 1 aliphatic carbocycles. The standard InChI is InChI=1S/C28H28N4O3/c1-17-24(25(33)27(34)35)26(31-12-11-28(2)15-21(31)16-28)32-23(29-17)14-22(30-32)20-10-6-9-19(13-20)18-7-4-3-5-8-18/h3-10,13-14,21,25,33H,11-12,15-16H2,1-2H3,(H,34,35)/t21?,25-,28?/m0/s1. The number of nitrogens with zero attached hydrogens (tertiary/aromatic N) is 4. The first-order valence-electron chi connectivity index (χ1n) is 12.1. The molecule has 0 amide bonds. The van der Waals surface area contributed by atoms with E-state index in [1.54, 1.807) is 11.4 Å². The van der Waals surface area contributed by atoms with E-state index < -0.39 is 12.1 Å². The van der Waals surface area contributed by atoms with Crippen molar-refractivity contribution in [3.05, 3.63) is 71.9 Å². The molecule has 4 heterocycles. The highest BCUT2D eigenvalue weighted by molar-refractivity contribution is 5.79. The maximum absolute atomic E-state index is 11.8. The number of aliphatic hydroxyl groups is 1. The van der Waals surface area contributed by atoms with Crippen LogP contribution in [0.1, 0.15) is 43.5 Å². The third-order valence-electron chi connectivity index (χ3n) is 7.70. The van der Waals surface area contributed by atoms with Gasteiger partial charge >= 0.3 is 5.97 Å². The van der Waals surface area contributed by atoms with Crippen molar-refractivity contribution in [1.29, 1.82) is 0 Å². The summed E-state index contributed by atoms with van der Waals surface area (Å²) in [7, 11) is 0. The van der Waals surface area contributed by atoms with E-state index in [1.807, 2.05) is 36.4 Å². The molecule has 2 N–H and O–H groups in total. The van der Waals surface area contributed by atoms with Gasteiger partial charge in [-0.15, -0.1) is 0 Å². The summed E-state index contributed by atoms with van der Waals surface area (Å²) in [6.07, 6.45) is 1.49. The topological polar surface area (TPSA) is 91.0 Å². The van der Waals surface area contributed by atoms with E-state index in [0.717, 1.165) is 48.2 Å². The molecule has 35 heavy (non-hydrogen) atoms. The highest BCUT2D eigenvalue weighted by Crippen LogP contribution is 2.52. The number of carbonyl (C=O) groups is 1. The molecule has 3 fully saturated rings. The summed E-state index contributed by atoms with van der Waals surface area (Å²) >= 11 is 0. The van der Waals surface area contributed by atoms with Crippen molar-refractivity contribution in [3.63, 3.8) is 0 Å². The zero-order valence-electron chi connectivity index (χ0n) is 19.8. The Morgan fingerprint density at radius 2 is 1.77 bits per heavy atom. The van der Waals surface area contributed by atoms with Crippen LogP contribution in [-0.4, -0.2) is 43.4 Å². The number of rotatable bonds is 5. The summed E-state index contributed by atoms with van der Waals surface area (Å²) in [5.41, 5.74) is 5.78. The van der Waals surface area contributed by atoms with Gasteiger partial charge in [0, 0.05) is 29.9 Å². The van der Waals surface area contributed by atoms with Crippen molar-refractivity contribution in [2.24, 2.45) is 5.41 Å². The fourth-order valence-corrected chi connectivity index (χ4v) is 5.82. The monoisotopic (exact) mass is 468 g/mol. The van der Waals surface area contributed by atoms with Crippen molar-refractivity contribution in [2.45, 2.75) is 45.3 Å². The average Bonchev–Trinajstić information content (AvgIpc) is 3.27. The second-order valence-electron chi connectivity index (χ2n) is 10.2. The Balaban J connectivity index is 1.51. The lowest BCUT2D eigenvalue weighted by atomic mass is 9.61. The number of aromatic nitrogens is 3. The molecule has 2 aromatic carbocycles. The molecule has 2 aromatic heterocycles. The number of hydrogen-bond donors (Lipinski definition) is 2. The first kappa shape index (κ1) is 21.8. The molecular formula is C28H28N4O3. The fourth-order valence-electron chi connectivity index (χ4n) is 5.82. The van der Waals surface area contributed by atoms with Crippen molar-refractivity contribution >= 4 is 17.4 Å². The van der Waals surface area contributed by atoms with Gasteiger partial charge in [-0.05, 0) is 48.8 Å². The van der Waals surface area contributed by atoms with Crippen LogP contribution in [0.4, 0.5) is 5.82 Å². The van der Waals surface area contributed by atoms with Crippen molar-refractivity contribution in [2.75, 3.05) is 11.4 Å². The molecule has 2 saturated heterocycles. The molecule has 0 radical (unpaired) electrons. The summed E-state index contributed by atoms with van der Waals surface area (Å²) in [6, 6.07) is 20.7. The van der Waals surface area contributed by atoms with Gasteiger partial charge in [-0.1, -0.05) is 55.5 Å². The van der Waals surface area contributed by atoms with E-state index in [4.69, 9.17) is 5.10 Å². The first-order valence-corrected chi connectivity index (χ1v) is 12.1. The highest BCUT2D eigenvalue weighted by atomic mass is 16.4. The van der Waals surface area contributed by atoms with E-state index in [2.05, 4.69) is 41.1 Å². The molecule has 2 bridgehead atoms. The van der Waals surface area contributed by atoms with Crippen LogP contribution in [0.3, 0.4) is 0 Å². The zero-order chi connectivity index (χ0) is 24.3. The van der Waals surface area contributed by atoms with Gasteiger partial charge in [-0.2, -0.15) is 9.61 Å². The van der Waals surface area contributed by atoms with Crippen LogP contribution in [0.5, 0.6) is 0 Å². The van der Waals surface area contributed by atoms with Gasteiger partial charge in [0.1, 0.15) is 5.82 Å². The van der Waals surface area contributed by atoms with Crippen molar-refractivity contribution < 1.29 is 15.0 Å². The molecular weight excluding hydrogens is 440 g/mol. The summed E-state index contributed by atoms with van der Waals surface area (Å²) in [5, 5.41) is 25.3. The molecule has 4 aromatic rings. The Hall–Kier alpha value is -3.71. The van der Waals surface area contributed by atoms with Crippen molar-refractivity contribution in [1.82, 2.24) is 14.6 Å². The number of aryl methyl sites for hydroxylation is 1. The lowest BCUT2D eigenvalue weighted by Gasteiger charge is -2.57. The SMILES string of the molecule is Cc1nc2cc(-c3cccc(-c4ccccc4)c3)nn2c(N2CCC3(C)CC2C3)c1[C@H](O)C(=O)O. The van der Waals surface area contributed by atoms with Crippen LogP contribution in [0, 0.1) is 12.3 Å². The second-order valence-corrected chi connectivity index (χ2v) is 10.2. The van der Waals surface area contributed by atoms with E-state index >= 15 is 0 Å². The molecule has 7 heteroatoms. The maximum atomic E-state index is 11.8. The molecule has 3 aliphatic rings. The number of fused-ring (bicyclic) bond motifs is 3. The first-order chi connectivity index (χ1) is 16.8. The molecule has 7 nitrogen and oxygen atoms in total. The van der Waals surface area contributed by atoms with Gasteiger partial charge in [-0.3, -0.25) is 0 Å². The van der Waals surface area contributed by atoms with E-state index in [1.165, 1.54) is 0 Å². The lowest BCUT2D eigenvalue weighted by Crippen LogP contribution is -2.57. The Kier molecular flexibility index (Phi) is 4.93. The second kappa shape index (κ2) is 7.92. The molecule has 0 unspecified atom stereocenters. The smallest absolute Gasteiger partial charge is 0.337 e. The number of carboxylic acids is 1. The molecule has 7 rings (SSSR count). The number of hydrogen-bond acceptors (Lipinski definition) is 5. The van der Waals surface area contributed by atoms with Gasteiger partial charge in [0.15, 0.2) is 11.8 Å². The van der Waals surface area contributed by atoms with Crippen LogP contribution in [0.25, 0.3) is 28.0 Å². The minimum atomic E-state index is -1.66. The maximum Gasteiger partial charge on any atom is 0.337 e. The number of anilines is 1. The number of aliphatic carboxylic acids is 1. The summed E-state index contributed by atoms with van der Waals surface area (Å²) < 4.78 is 1.74. The van der Waals surface area contributed by atoms with E-state index in [9.17, 15) is 15.0 Å². The lowest BCUT2D eigenvalue weighted by molar-refractivity contribution is -0.147. The zero-order valence-corrected chi connectivity index (χ0v) is 19.8. The van der Waals surface area contributed by atoms with Crippen LogP contribution < -0.4 is 4.90 Å².